The van der Waals surface area contributed by atoms with Crippen molar-refractivity contribution in [3.63, 3.8) is 0 Å². The fourth-order valence-electron chi connectivity index (χ4n) is 19.7. The van der Waals surface area contributed by atoms with Gasteiger partial charge in [-0.15, -0.1) is 37.2 Å². The highest BCUT2D eigenvalue weighted by Gasteiger charge is 2.48. The second-order valence-corrected chi connectivity index (χ2v) is 40.8. The molecule has 149 heavy (non-hydrogen) atoms. The zero-order valence-corrected chi connectivity index (χ0v) is 90.4. The van der Waals surface area contributed by atoms with E-state index in [1.165, 1.54) is 0 Å². The van der Waals surface area contributed by atoms with Gasteiger partial charge in [0.2, 0.25) is 35.4 Å². The first kappa shape index (κ1) is 118. The Balaban J connectivity index is 0.000000199. The standard InChI is InChI=1S/C23H31N3O4.C22H29N3O4.C18H23N3O2.C17H21N3O2.2C16H19N3O2.3ClH/c1-14(2)12-25-15(3)10-11-19(21(25)28)26-13-17-16(20(26)27)8-7-9-18(17)24-22(29)30-23(4,5)6;1-6-12-24-14(2)10-11-18(20(24)27)25-13-16-15(19(25)26)8-7-9-17(16)23-21(28)29-22(3,4)5;1-11(2)9-20-12(3)7-8-16(18(20)23)21-10-14-13(17(21)22)5-4-6-15(14)19;1-3-9-19-11(2)7-8-15(17(19)22)20-10-13-12(16(20)21)5-4-6-14(13)18;1-3-18-10(2)7-8-14(16(18)21)19-9-12-11(15(19)20)5-4-6-13(12)17;1-12-7-9-19(15(20)11-12)10-8-18-16(21)13-5-3-4-6-14(13)17-2;;;/h7-9,14,19H,3,10-13H2,1-2,4-6H3,(H,24,29);7-9,18H,2,6,10-13H2,1,3-5H3,(H,23,28);4-6,11,16H,3,7-10,19H2,1-2H3;4-6,15H,2-3,7-10,18H2,1H3;4-6,14H,2-3,7-9,17H2,1H3;3-7,9,17H,1,8,10-11H2,2H3,(H,18,21);3*1H. The van der Waals surface area contributed by atoms with Crippen molar-refractivity contribution in [1.29, 1.82) is 0 Å². The number of carbonyl (C=O) groups excluding carboxylic acids is 14. The van der Waals surface area contributed by atoms with Gasteiger partial charge in [0.25, 0.3) is 35.4 Å². The van der Waals surface area contributed by atoms with Crippen molar-refractivity contribution in [3.05, 3.63) is 262 Å². The highest BCUT2D eigenvalue weighted by Crippen LogP contribution is 2.42. The fourth-order valence-corrected chi connectivity index (χ4v) is 19.7. The minimum atomic E-state index is -0.624. The van der Waals surface area contributed by atoms with E-state index in [-0.39, 0.29) is 121 Å². The summed E-state index contributed by atoms with van der Waals surface area (Å²) in [5, 5.41) is 11.3. The molecule has 6 aromatic rings. The van der Waals surface area contributed by atoms with Crippen molar-refractivity contribution < 1.29 is 76.6 Å². The minimum absolute atomic E-state index is 0. The van der Waals surface area contributed by atoms with Crippen LogP contribution in [-0.4, -0.2) is 231 Å². The van der Waals surface area contributed by atoms with Gasteiger partial charge in [-0.2, -0.15) is 0 Å². The molecular weight excluding hydrogens is 1960 g/mol. The Hall–Kier alpha value is -14.3. The third-order valence-corrected chi connectivity index (χ3v) is 27.0. The largest absolute Gasteiger partial charge is 0.444 e. The topological polar surface area (TPSA) is 419 Å². The van der Waals surface area contributed by atoms with E-state index >= 15 is 0 Å². The third kappa shape index (κ3) is 27.5. The lowest BCUT2D eigenvalue weighted by molar-refractivity contribution is -0.137. The summed E-state index contributed by atoms with van der Waals surface area (Å²) in [7, 11) is 1.77. The molecule has 800 valence electrons. The second kappa shape index (κ2) is 51.1. The van der Waals surface area contributed by atoms with Crippen LogP contribution in [0.1, 0.15) is 263 Å². The monoisotopic (exact) mass is 2100 g/mol. The van der Waals surface area contributed by atoms with Crippen molar-refractivity contribution >= 4 is 154 Å². The molecule has 37 heteroatoms. The second-order valence-electron chi connectivity index (χ2n) is 40.8. The number of carbonyl (C=O) groups is 14. The number of para-hydroxylation sites is 1. The van der Waals surface area contributed by atoms with Crippen LogP contribution in [-0.2, 0) is 71.0 Å². The Kier molecular flexibility index (Phi) is 40.6. The lowest BCUT2D eigenvalue weighted by Gasteiger charge is -2.38. The zero-order chi connectivity index (χ0) is 107. The van der Waals surface area contributed by atoms with Crippen molar-refractivity contribution in [2.24, 2.45) is 11.8 Å². The molecule has 5 atom stereocenters. The predicted octanol–water partition coefficient (Wildman–Crippen LogP) is 17.4. The van der Waals surface area contributed by atoms with Gasteiger partial charge in [-0.1, -0.05) is 123 Å². The summed E-state index contributed by atoms with van der Waals surface area (Å²) >= 11 is 0. The molecule has 5 fully saturated rings. The van der Waals surface area contributed by atoms with Gasteiger partial charge in [0.15, 0.2) is 0 Å². The van der Waals surface area contributed by atoms with E-state index in [2.05, 4.69) is 88.4 Å². The first-order valence-electron chi connectivity index (χ1n) is 50.3. The number of allylic oxidation sites excluding steroid dienone is 6. The molecule has 34 nitrogen and oxygen atoms in total. The van der Waals surface area contributed by atoms with Crippen LogP contribution >= 0.6 is 37.2 Å². The number of hydrogen-bond acceptors (Lipinski definition) is 20. The number of rotatable bonds is 21. The van der Waals surface area contributed by atoms with Crippen LogP contribution in [0, 0.1) is 11.8 Å². The number of nitrogen functional groups attached to an aromatic ring is 3. The highest BCUT2D eigenvalue weighted by molar-refractivity contribution is 6.08. The number of likely N-dealkylation sites (tertiary alicyclic amines) is 5. The number of hydrogen-bond donors (Lipinski definition) is 7. The summed E-state index contributed by atoms with van der Waals surface area (Å²) in [6, 6.07) is 31.5. The molecule has 17 rings (SSSR count). The van der Waals surface area contributed by atoms with Crippen LogP contribution in [0.4, 0.5) is 43.7 Å². The fraction of sp³-hybridized carbons (Fsp3) is 0.429. The quantitative estimate of drug-likeness (QED) is 0.0329. The number of fused-ring (bicyclic) bond motifs is 5. The number of amides is 14. The maximum absolute atomic E-state index is 13.2. The molecule has 11 heterocycles. The van der Waals surface area contributed by atoms with E-state index in [1.807, 2.05) is 45.0 Å². The van der Waals surface area contributed by atoms with E-state index in [9.17, 15) is 67.1 Å². The highest BCUT2D eigenvalue weighted by atomic mass is 35.5. The van der Waals surface area contributed by atoms with Crippen molar-refractivity contribution in [1.82, 2.24) is 59.2 Å². The lowest BCUT2D eigenvalue weighted by atomic mass is 9.99. The number of nitrogens with zero attached hydrogens (tertiary/aromatic N) is 11. The summed E-state index contributed by atoms with van der Waals surface area (Å²) < 4.78 is 10.7. The van der Waals surface area contributed by atoms with Gasteiger partial charge in [0, 0.05) is 210 Å². The first-order valence-corrected chi connectivity index (χ1v) is 50.3. The first-order chi connectivity index (χ1) is 69.2. The molecule has 5 saturated heterocycles. The van der Waals surface area contributed by atoms with Gasteiger partial charge in [-0.3, -0.25) is 68.2 Å². The molecule has 0 saturated carbocycles. The minimum Gasteiger partial charge on any atom is -0.444 e. The number of anilines is 6. The summed E-state index contributed by atoms with van der Waals surface area (Å²) in [6.07, 6.45) is 11.0. The number of benzene rings is 6. The van der Waals surface area contributed by atoms with Crippen LogP contribution in [0.3, 0.4) is 0 Å². The maximum atomic E-state index is 13.2. The van der Waals surface area contributed by atoms with E-state index < -0.39 is 53.6 Å². The molecule has 0 bridgehead atoms. The number of piperidine rings is 5. The average molecular weight is 2110 g/mol. The molecule has 0 aliphatic carbocycles. The molecule has 6 aromatic carbocycles. The molecule has 0 spiro atoms. The van der Waals surface area contributed by atoms with Crippen LogP contribution in [0.2, 0.25) is 0 Å². The van der Waals surface area contributed by atoms with Crippen LogP contribution in [0.25, 0.3) is 0 Å². The number of likely N-dealkylation sites (N-methyl/N-ethyl adjacent to an activating group) is 1. The maximum Gasteiger partial charge on any atom is 0.412 e. The van der Waals surface area contributed by atoms with Gasteiger partial charge in [-0.05, 0) is 222 Å². The van der Waals surface area contributed by atoms with Gasteiger partial charge in [0.1, 0.15) is 41.4 Å². The number of nitrogens with two attached hydrogens (primary N) is 3. The summed E-state index contributed by atoms with van der Waals surface area (Å²) in [5.74, 6) is -0.369. The average Bonchev–Trinajstić information content (AvgIpc) is 1.58. The SMILES string of the molecule is C=C1C=CN(CCNC(=O)c2ccccc2NC)C(=O)C1.C=C1CCC(N2Cc3c(N)cccc3C2=O)C(=O)N1CC.C=C1CCC(N2Cc3c(N)cccc3C2=O)C(=O)N1CC(C)C.C=C1CCC(N2Cc3c(N)cccc3C2=O)C(=O)N1CCC.C=C1CCC(N2Cc3c(NC(=O)OC(C)(C)C)cccc3C2=O)C(=O)N1CC(C)C.C=C1CCC(N2Cc3c(NC(=O)OC(C)(C)C)cccc3C2=O)C(=O)N1CCC.Cl.Cl.Cl. The number of ether oxygens (including phenoxy) is 2. The Labute approximate surface area is 892 Å². The lowest BCUT2D eigenvalue weighted by Crippen LogP contribution is -2.52. The van der Waals surface area contributed by atoms with Crippen LogP contribution in [0.5, 0.6) is 0 Å². The number of halogens is 3. The predicted molar refractivity (Wildman–Crippen MR) is 585 cm³/mol. The van der Waals surface area contributed by atoms with Gasteiger partial charge in [0.05, 0.1) is 12.0 Å². The third-order valence-electron chi connectivity index (χ3n) is 27.0. The Morgan fingerprint density at radius 3 is 1.00 bits per heavy atom. The van der Waals surface area contributed by atoms with E-state index in [1.54, 1.807) is 206 Å². The Morgan fingerprint density at radius 1 is 0.396 bits per heavy atom. The molecule has 5 unspecified atom stereocenters. The summed E-state index contributed by atoms with van der Waals surface area (Å²) in [6.45, 7) is 54.4. The van der Waals surface area contributed by atoms with Crippen molar-refractivity contribution in [2.45, 2.75) is 248 Å². The molecule has 14 amide bonds. The zero-order valence-electron chi connectivity index (χ0n) is 88.0. The Bertz CT molecular complexity index is 6220. The summed E-state index contributed by atoms with van der Waals surface area (Å²) in [4.78, 5) is 195. The van der Waals surface area contributed by atoms with Crippen LogP contribution < -0.4 is 38.5 Å². The van der Waals surface area contributed by atoms with E-state index in [0.717, 1.165) is 88.5 Å². The van der Waals surface area contributed by atoms with Crippen molar-refractivity contribution in [2.75, 3.05) is 86.0 Å². The molecule has 10 N–H and O–H groups in total. The molecular formula is C112H145Cl3N18O16. The molecule has 11 aliphatic heterocycles. The van der Waals surface area contributed by atoms with E-state index in [0.29, 0.717) is 202 Å². The molecule has 0 radical (unpaired) electrons. The Morgan fingerprint density at radius 2 is 0.691 bits per heavy atom. The smallest absolute Gasteiger partial charge is 0.412 e. The van der Waals surface area contributed by atoms with Gasteiger partial charge in [-0.25, -0.2) is 9.59 Å². The molecule has 11 aliphatic rings. The van der Waals surface area contributed by atoms with Crippen molar-refractivity contribution in [3.8, 4) is 0 Å². The summed E-state index contributed by atoms with van der Waals surface area (Å²) in [5.41, 5.74) is 32.7. The van der Waals surface area contributed by atoms with Gasteiger partial charge >= 0.3 is 12.2 Å². The van der Waals surface area contributed by atoms with E-state index in [4.69, 9.17) is 26.7 Å². The van der Waals surface area contributed by atoms with Crippen LogP contribution in [0.15, 0.2) is 201 Å². The normalized spacial score (nSPS) is 19.3. The molecule has 0 aromatic heterocycles. The number of nitrogens with one attached hydrogen (secondary N) is 4. The van der Waals surface area contributed by atoms with Gasteiger partial charge < -0.3 is 91.2 Å².